The fourth-order valence-electron chi connectivity index (χ4n) is 2.12. The Balaban J connectivity index is 2.25. The molecule has 2 rings (SSSR count). The van der Waals surface area contributed by atoms with Crippen molar-refractivity contribution >= 4 is 0 Å². The van der Waals surface area contributed by atoms with E-state index < -0.39 is 0 Å². The Morgan fingerprint density at radius 1 is 1.19 bits per heavy atom. The fourth-order valence-corrected chi connectivity index (χ4v) is 2.12. The van der Waals surface area contributed by atoms with Crippen LogP contribution in [0.1, 0.15) is 24.9 Å². The van der Waals surface area contributed by atoms with Gasteiger partial charge in [0, 0.05) is 12.1 Å². The molecule has 16 heavy (non-hydrogen) atoms. The summed E-state index contributed by atoms with van der Waals surface area (Å²) < 4.78 is 10.5. The second-order valence-corrected chi connectivity index (χ2v) is 4.55. The van der Waals surface area contributed by atoms with E-state index in [2.05, 4.69) is 6.92 Å². The van der Waals surface area contributed by atoms with Gasteiger partial charge in [0.15, 0.2) is 0 Å². The topological polar surface area (TPSA) is 44.5 Å². The van der Waals surface area contributed by atoms with Gasteiger partial charge in [-0.3, -0.25) is 0 Å². The molecule has 1 aliphatic carbocycles. The molecule has 1 aromatic rings. The van der Waals surface area contributed by atoms with Gasteiger partial charge in [0.1, 0.15) is 11.5 Å². The summed E-state index contributed by atoms with van der Waals surface area (Å²) in [5.74, 6) is 2.96. The van der Waals surface area contributed by atoms with E-state index in [9.17, 15) is 0 Å². The van der Waals surface area contributed by atoms with Crippen LogP contribution in [0.3, 0.4) is 0 Å². The molecule has 1 fully saturated rings. The molecular formula is C13H19NO2. The highest BCUT2D eigenvalue weighted by Gasteiger charge is 2.38. The average molecular weight is 221 g/mol. The molecular weight excluding hydrogens is 202 g/mol. The summed E-state index contributed by atoms with van der Waals surface area (Å²) in [5.41, 5.74) is 7.33. The van der Waals surface area contributed by atoms with Crippen molar-refractivity contribution in [3.8, 4) is 11.5 Å². The van der Waals surface area contributed by atoms with Crippen molar-refractivity contribution in [2.75, 3.05) is 14.2 Å². The minimum atomic E-state index is 0.0963. The van der Waals surface area contributed by atoms with Crippen LogP contribution in [0.2, 0.25) is 0 Å². The number of nitrogens with two attached hydrogens (primary N) is 1. The zero-order chi connectivity index (χ0) is 11.7. The molecule has 0 bridgehead atoms. The molecule has 3 unspecified atom stereocenters. The third-order valence-corrected chi connectivity index (χ3v) is 3.39. The van der Waals surface area contributed by atoms with E-state index in [1.807, 2.05) is 18.2 Å². The molecule has 0 spiro atoms. The number of ether oxygens (including phenoxy) is 2. The molecule has 0 heterocycles. The molecule has 3 nitrogen and oxygen atoms in total. The second-order valence-electron chi connectivity index (χ2n) is 4.55. The molecule has 3 heteroatoms. The maximum atomic E-state index is 6.23. The number of hydrogen-bond acceptors (Lipinski definition) is 3. The first-order valence-electron chi connectivity index (χ1n) is 5.64. The van der Waals surface area contributed by atoms with Crippen LogP contribution in [-0.2, 0) is 0 Å². The van der Waals surface area contributed by atoms with Gasteiger partial charge in [-0.1, -0.05) is 6.92 Å². The van der Waals surface area contributed by atoms with Crippen molar-refractivity contribution < 1.29 is 9.47 Å². The summed E-state index contributed by atoms with van der Waals surface area (Å²) >= 11 is 0. The van der Waals surface area contributed by atoms with Gasteiger partial charge in [0.05, 0.1) is 14.2 Å². The van der Waals surface area contributed by atoms with Crippen molar-refractivity contribution in [2.24, 2.45) is 17.6 Å². The first-order valence-corrected chi connectivity index (χ1v) is 5.64. The zero-order valence-corrected chi connectivity index (χ0v) is 10.1. The Morgan fingerprint density at radius 2 is 1.69 bits per heavy atom. The molecule has 3 atom stereocenters. The lowest BCUT2D eigenvalue weighted by molar-refractivity contribution is 0.392. The van der Waals surface area contributed by atoms with Gasteiger partial charge in [-0.2, -0.15) is 0 Å². The van der Waals surface area contributed by atoms with Crippen molar-refractivity contribution in [3.05, 3.63) is 23.8 Å². The van der Waals surface area contributed by atoms with Gasteiger partial charge in [-0.25, -0.2) is 0 Å². The number of benzene rings is 1. The SMILES string of the molecule is COc1cc(OC)cc(C(N)C2CC2C)c1. The summed E-state index contributed by atoms with van der Waals surface area (Å²) in [6.07, 6.45) is 1.22. The van der Waals surface area contributed by atoms with Crippen molar-refractivity contribution in [1.82, 2.24) is 0 Å². The fraction of sp³-hybridized carbons (Fsp3) is 0.538. The molecule has 1 aromatic carbocycles. The minimum absolute atomic E-state index is 0.0963. The van der Waals surface area contributed by atoms with Crippen molar-refractivity contribution in [3.63, 3.8) is 0 Å². The maximum absolute atomic E-state index is 6.23. The van der Waals surface area contributed by atoms with Crippen LogP contribution in [0.5, 0.6) is 11.5 Å². The number of methoxy groups -OCH3 is 2. The predicted octanol–water partition coefficient (Wildman–Crippen LogP) is 2.36. The number of rotatable bonds is 4. The quantitative estimate of drug-likeness (QED) is 0.848. The monoisotopic (exact) mass is 221 g/mol. The van der Waals surface area contributed by atoms with Gasteiger partial charge >= 0.3 is 0 Å². The number of hydrogen-bond donors (Lipinski definition) is 1. The average Bonchev–Trinajstić information content (AvgIpc) is 3.04. The zero-order valence-electron chi connectivity index (χ0n) is 10.1. The van der Waals surface area contributed by atoms with Crippen LogP contribution in [0.15, 0.2) is 18.2 Å². The lowest BCUT2D eigenvalue weighted by Crippen LogP contribution is -2.13. The van der Waals surface area contributed by atoms with Gasteiger partial charge < -0.3 is 15.2 Å². The smallest absolute Gasteiger partial charge is 0.122 e. The Hall–Kier alpha value is -1.22. The maximum Gasteiger partial charge on any atom is 0.122 e. The van der Waals surface area contributed by atoms with Crippen LogP contribution >= 0.6 is 0 Å². The Morgan fingerprint density at radius 3 is 2.06 bits per heavy atom. The Kier molecular flexibility index (Phi) is 3.06. The third-order valence-electron chi connectivity index (χ3n) is 3.39. The summed E-state index contributed by atoms with van der Waals surface area (Å²) in [6, 6.07) is 5.96. The van der Waals surface area contributed by atoms with E-state index in [0.29, 0.717) is 5.92 Å². The predicted molar refractivity (Wildman–Crippen MR) is 63.7 cm³/mol. The van der Waals surface area contributed by atoms with Crippen LogP contribution < -0.4 is 15.2 Å². The summed E-state index contributed by atoms with van der Waals surface area (Å²) in [6.45, 7) is 2.24. The molecule has 0 amide bonds. The first kappa shape index (κ1) is 11.3. The van der Waals surface area contributed by atoms with E-state index in [1.165, 1.54) is 6.42 Å². The summed E-state index contributed by atoms with van der Waals surface area (Å²) in [5, 5.41) is 0. The van der Waals surface area contributed by atoms with E-state index in [-0.39, 0.29) is 6.04 Å². The lowest BCUT2D eigenvalue weighted by atomic mass is 10.0. The molecule has 1 saturated carbocycles. The van der Waals surface area contributed by atoms with Crippen LogP contribution in [0, 0.1) is 11.8 Å². The van der Waals surface area contributed by atoms with Gasteiger partial charge in [0.2, 0.25) is 0 Å². The van der Waals surface area contributed by atoms with Gasteiger partial charge in [0.25, 0.3) is 0 Å². The molecule has 0 aromatic heterocycles. The minimum Gasteiger partial charge on any atom is -0.497 e. The Labute approximate surface area is 96.5 Å². The van der Waals surface area contributed by atoms with Crippen LogP contribution in [-0.4, -0.2) is 14.2 Å². The summed E-state index contributed by atoms with van der Waals surface area (Å²) in [4.78, 5) is 0. The molecule has 0 saturated heterocycles. The van der Waals surface area contributed by atoms with E-state index in [1.54, 1.807) is 14.2 Å². The third kappa shape index (κ3) is 2.14. The van der Waals surface area contributed by atoms with Gasteiger partial charge in [-0.15, -0.1) is 0 Å². The highest BCUT2D eigenvalue weighted by molar-refractivity contribution is 5.40. The second kappa shape index (κ2) is 4.34. The molecule has 0 radical (unpaired) electrons. The lowest BCUT2D eigenvalue weighted by Gasteiger charge is -2.14. The molecule has 1 aliphatic rings. The highest BCUT2D eigenvalue weighted by Crippen LogP contribution is 2.46. The largest absolute Gasteiger partial charge is 0.497 e. The Bertz CT molecular complexity index is 356. The standard InChI is InChI=1S/C13H19NO2/c1-8-4-12(8)13(14)9-5-10(15-2)7-11(6-9)16-3/h5-8,12-13H,4,14H2,1-3H3. The molecule has 88 valence electrons. The van der Waals surface area contributed by atoms with E-state index >= 15 is 0 Å². The molecule has 0 aliphatic heterocycles. The van der Waals surface area contributed by atoms with Crippen LogP contribution in [0.4, 0.5) is 0 Å². The van der Waals surface area contributed by atoms with Crippen molar-refractivity contribution in [1.29, 1.82) is 0 Å². The molecule has 2 N–H and O–H groups in total. The van der Waals surface area contributed by atoms with E-state index in [0.717, 1.165) is 23.0 Å². The normalized spacial score (nSPS) is 25.0. The van der Waals surface area contributed by atoms with Crippen molar-refractivity contribution in [2.45, 2.75) is 19.4 Å². The summed E-state index contributed by atoms with van der Waals surface area (Å²) in [7, 11) is 3.31. The van der Waals surface area contributed by atoms with Crippen LogP contribution in [0.25, 0.3) is 0 Å². The van der Waals surface area contributed by atoms with Gasteiger partial charge in [-0.05, 0) is 36.0 Å². The van der Waals surface area contributed by atoms with E-state index in [4.69, 9.17) is 15.2 Å². The highest BCUT2D eigenvalue weighted by atomic mass is 16.5. The first-order chi connectivity index (χ1) is 7.65.